The van der Waals surface area contributed by atoms with Gasteiger partial charge in [0.1, 0.15) is 0 Å². The van der Waals surface area contributed by atoms with E-state index in [0.717, 1.165) is 38.4 Å². The maximum Gasteiger partial charge on any atom is 0.0597 e. The molecule has 1 fully saturated rings. The molecule has 5 heteroatoms. The normalized spacial score (nSPS) is 19.8. The molecule has 0 bridgehead atoms. The monoisotopic (exact) mass is 282 g/mol. The number of piperidine rings is 1. The van der Waals surface area contributed by atoms with E-state index in [2.05, 4.69) is 40.9 Å². The van der Waals surface area contributed by atoms with Crippen LogP contribution in [0.1, 0.15) is 31.2 Å². The zero-order valence-corrected chi connectivity index (χ0v) is 13.2. The van der Waals surface area contributed by atoms with Crippen molar-refractivity contribution in [3.8, 4) is 0 Å². The van der Waals surface area contributed by atoms with Gasteiger partial charge < -0.3 is 5.73 Å². The van der Waals surface area contributed by atoms with Crippen LogP contribution in [0.4, 0.5) is 0 Å². The first-order valence-electron chi connectivity index (χ1n) is 7.13. The third kappa shape index (κ3) is 3.33. The number of nitrogens with two attached hydrogens (primary N) is 1. The number of hydrogen-bond donors (Lipinski definition) is 1. The molecule has 2 heterocycles. The van der Waals surface area contributed by atoms with Gasteiger partial charge in [0.25, 0.3) is 0 Å². The van der Waals surface area contributed by atoms with Crippen LogP contribution in [0.2, 0.25) is 0 Å². The number of thioether (sulfide) groups is 1. The minimum absolute atomic E-state index is 0.317. The summed E-state index contributed by atoms with van der Waals surface area (Å²) >= 11 is 1.94. The highest BCUT2D eigenvalue weighted by Gasteiger charge is 2.32. The molecule has 19 heavy (non-hydrogen) atoms. The Kier molecular flexibility index (Phi) is 4.92. The Hall–Kier alpha value is -0.520. The minimum Gasteiger partial charge on any atom is -0.329 e. The molecule has 0 unspecified atom stereocenters. The molecular formula is C14H26N4S. The maximum absolute atomic E-state index is 5.94. The molecule has 0 aliphatic carbocycles. The van der Waals surface area contributed by atoms with Crippen molar-refractivity contribution in [1.82, 2.24) is 14.7 Å². The van der Waals surface area contributed by atoms with Crippen LogP contribution in [0.15, 0.2) is 6.07 Å². The number of rotatable bonds is 5. The van der Waals surface area contributed by atoms with E-state index in [1.54, 1.807) is 0 Å². The van der Waals surface area contributed by atoms with Crippen LogP contribution in [0, 0.1) is 6.92 Å². The number of aryl methyl sites for hydroxylation is 2. The predicted octanol–water partition coefficient (Wildman–Crippen LogP) is 1.87. The lowest BCUT2D eigenvalue weighted by Gasteiger charge is -2.40. The average Bonchev–Trinajstić information content (AvgIpc) is 2.80. The van der Waals surface area contributed by atoms with Gasteiger partial charge in [-0.05, 0) is 52.1 Å². The van der Waals surface area contributed by atoms with Crippen molar-refractivity contribution < 1.29 is 0 Å². The fraction of sp³-hybridized carbons (Fsp3) is 0.786. The zero-order valence-electron chi connectivity index (χ0n) is 12.4. The summed E-state index contributed by atoms with van der Waals surface area (Å²) in [5.41, 5.74) is 8.40. The third-order valence-electron chi connectivity index (χ3n) is 4.24. The van der Waals surface area contributed by atoms with E-state index in [-0.39, 0.29) is 0 Å². The molecule has 0 saturated carbocycles. The highest BCUT2D eigenvalue weighted by Crippen LogP contribution is 2.33. The van der Waals surface area contributed by atoms with E-state index in [1.165, 1.54) is 18.5 Å². The maximum atomic E-state index is 5.94. The Labute approximate surface area is 120 Å². The first-order chi connectivity index (χ1) is 9.12. The van der Waals surface area contributed by atoms with E-state index >= 15 is 0 Å². The summed E-state index contributed by atoms with van der Waals surface area (Å²) in [4.78, 5) is 2.53. The van der Waals surface area contributed by atoms with Crippen molar-refractivity contribution in [3.05, 3.63) is 17.5 Å². The second-order valence-electron chi connectivity index (χ2n) is 5.46. The summed E-state index contributed by atoms with van der Waals surface area (Å²) in [6.07, 6.45) is 4.59. The van der Waals surface area contributed by atoms with Gasteiger partial charge in [-0.25, -0.2) is 0 Å². The van der Waals surface area contributed by atoms with E-state index in [9.17, 15) is 0 Å². The fourth-order valence-electron chi connectivity index (χ4n) is 2.84. The van der Waals surface area contributed by atoms with E-state index in [1.807, 2.05) is 11.8 Å². The largest absolute Gasteiger partial charge is 0.329 e. The summed E-state index contributed by atoms with van der Waals surface area (Å²) in [5, 5.41) is 4.52. The topological polar surface area (TPSA) is 47.1 Å². The summed E-state index contributed by atoms with van der Waals surface area (Å²) in [6, 6.07) is 2.21. The van der Waals surface area contributed by atoms with Crippen LogP contribution in [0.3, 0.4) is 0 Å². The molecule has 0 spiro atoms. The molecule has 2 rings (SSSR count). The lowest BCUT2D eigenvalue weighted by atomic mass is 9.95. The van der Waals surface area contributed by atoms with Crippen LogP contribution in [0.5, 0.6) is 0 Å². The number of likely N-dealkylation sites (tertiary alicyclic amines) is 1. The van der Waals surface area contributed by atoms with Crippen LogP contribution >= 0.6 is 11.8 Å². The highest BCUT2D eigenvalue weighted by atomic mass is 32.2. The van der Waals surface area contributed by atoms with Crippen molar-refractivity contribution in [2.75, 3.05) is 25.9 Å². The van der Waals surface area contributed by atoms with Crippen LogP contribution < -0.4 is 5.73 Å². The molecule has 0 aromatic carbocycles. The van der Waals surface area contributed by atoms with Crippen LogP contribution in [-0.4, -0.2) is 45.3 Å². The van der Waals surface area contributed by atoms with E-state index < -0.39 is 0 Å². The number of nitrogens with zero attached hydrogens (tertiary/aromatic N) is 3. The van der Waals surface area contributed by atoms with Crippen molar-refractivity contribution in [1.29, 1.82) is 0 Å². The summed E-state index contributed by atoms with van der Waals surface area (Å²) in [7, 11) is 0. The lowest BCUT2D eigenvalue weighted by Crippen LogP contribution is -2.46. The first kappa shape index (κ1) is 14.9. The Morgan fingerprint density at radius 2 is 2.11 bits per heavy atom. The molecule has 2 N–H and O–H groups in total. The van der Waals surface area contributed by atoms with Gasteiger partial charge in [-0.2, -0.15) is 16.9 Å². The van der Waals surface area contributed by atoms with Gasteiger partial charge in [-0.1, -0.05) is 0 Å². The molecule has 1 aliphatic rings. The highest BCUT2D eigenvalue weighted by molar-refractivity contribution is 8.00. The molecule has 1 aromatic rings. The molecule has 4 nitrogen and oxygen atoms in total. The standard InChI is InChI=1S/C14H26N4S/c1-4-18-13(9-12(2)16-18)10-17-7-5-14(11-15,19-3)6-8-17/h9H,4-8,10-11,15H2,1-3H3. The third-order valence-corrected chi connectivity index (χ3v) is 5.68. The molecule has 1 saturated heterocycles. The predicted molar refractivity (Wildman–Crippen MR) is 82.4 cm³/mol. The Morgan fingerprint density at radius 1 is 1.42 bits per heavy atom. The van der Waals surface area contributed by atoms with Gasteiger partial charge in [0.15, 0.2) is 0 Å². The molecule has 0 radical (unpaired) electrons. The summed E-state index contributed by atoms with van der Waals surface area (Å²) in [6.45, 7) is 9.28. The van der Waals surface area contributed by atoms with Crippen molar-refractivity contribution in [2.45, 2.75) is 44.5 Å². The Balaban J connectivity index is 1.95. The molecule has 0 atom stereocenters. The Bertz CT molecular complexity index is 402. The second kappa shape index (κ2) is 6.29. The van der Waals surface area contributed by atoms with Crippen molar-refractivity contribution in [2.24, 2.45) is 5.73 Å². The van der Waals surface area contributed by atoms with Gasteiger partial charge >= 0.3 is 0 Å². The average molecular weight is 282 g/mol. The second-order valence-corrected chi connectivity index (χ2v) is 6.73. The van der Waals surface area contributed by atoms with Gasteiger partial charge in [-0.15, -0.1) is 0 Å². The van der Waals surface area contributed by atoms with Crippen LogP contribution in [0.25, 0.3) is 0 Å². The SMILES string of the molecule is CCn1nc(C)cc1CN1CCC(CN)(SC)CC1. The van der Waals surface area contributed by atoms with E-state index in [0.29, 0.717) is 4.75 Å². The lowest BCUT2D eigenvalue weighted by molar-refractivity contribution is 0.190. The number of aromatic nitrogens is 2. The van der Waals surface area contributed by atoms with Crippen LogP contribution in [-0.2, 0) is 13.1 Å². The fourth-order valence-corrected chi connectivity index (χ4v) is 3.60. The van der Waals surface area contributed by atoms with E-state index in [4.69, 9.17) is 5.73 Å². The molecule has 0 amide bonds. The van der Waals surface area contributed by atoms with Gasteiger partial charge in [-0.3, -0.25) is 9.58 Å². The minimum atomic E-state index is 0.317. The molecule has 1 aliphatic heterocycles. The molecular weight excluding hydrogens is 256 g/mol. The molecule has 1 aromatic heterocycles. The molecule has 108 valence electrons. The van der Waals surface area contributed by atoms with Gasteiger partial charge in [0, 0.05) is 24.4 Å². The quantitative estimate of drug-likeness (QED) is 0.895. The zero-order chi connectivity index (χ0) is 13.9. The van der Waals surface area contributed by atoms with Gasteiger partial charge in [0.2, 0.25) is 0 Å². The van der Waals surface area contributed by atoms with Crippen molar-refractivity contribution in [3.63, 3.8) is 0 Å². The summed E-state index contributed by atoms with van der Waals surface area (Å²) in [5.74, 6) is 0. The van der Waals surface area contributed by atoms with Gasteiger partial charge in [0.05, 0.1) is 11.4 Å². The van der Waals surface area contributed by atoms with Crippen molar-refractivity contribution >= 4 is 11.8 Å². The summed E-state index contributed by atoms with van der Waals surface area (Å²) < 4.78 is 2.44. The Morgan fingerprint density at radius 3 is 2.63 bits per heavy atom. The first-order valence-corrected chi connectivity index (χ1v) is 8.36. The number of hydrogen-bond acceptors (Lipinski definition) is 4. The smallest absolute Gasteiger partial charge is 0.0597 e.